The number of H-pyrrole nitrogens is 1. The van der Waals surface area contributed by atoms with Gasteiger partial charge in [0.1, 0.15) is 23.5 Å². The minimum absolute atomic E-state index is 0.0879. The van der Waals surface area contributed by atoms with Gasteiger partial charge in [-0.05, 0) is 38.0 Å². The van der Waals surface area contributed by atoms with E-state index in [-0.39, 0.29) is 22.2 Å². The number of carbonyl (C=O) groups excluding carboxylic acids is 1. The van der Waals surface area contributed by atoms with Gasteiger partial charge in [0.05, 0.1) is 10.9 Å². The predicted octanol–water partition coefficient (Wildman–Crippen LogP) is 1.07. The van der Waals surface area contributed by atoms with Gasteiger partial charge in [0, 0.05) is 33.4 Å². The average Bonchev–Trinajstić information content (AvgIpc) is 3.13. The van der Waals surface area contributed by atoms with Gasteiger partial charge in [-0.2, -0.15) is 0 Å². The van der Waals surface area contributed by atoms with Crippen LogP contribution in [-0.2, 0) is 17.1 Å². The Morgan fingerprint density at radius 1 is 1.30 bits per heavy atom. The predicted molar refractivity (Wildman–Crippen MR) is 113 cm³/mol. The maximum atomic E-state index is 13.2. The highest BCUT2D eigenvalue weighted by atomic mass is 32.2. The van der Waals surface area contributed by atoms with Crippen molar-refractivity contribution in [3.05, 3.63) is 36.4 Å². The molecular formula is C19H25N7O3S. The van der Waals surface area contributed by atoms with E-state index < -0.39 is 10.0 Å². The number of rotatable bonds is 7. The molecule has 4 rings (SSSR count). The number of amides is 1. The molecule has 3 aromatic heterocycles. The fourth-order valence-electron chi connectivity index (χ4n) is 3.93. The van der Waals surface area contributed by atoms with Crippen molar-refractivity contribution in [1.82, 2.24) is 24.4 Å². The van der Waals surface area contributed by atoms with Crippen molar-refractivity contribution >= 4 is 32.8 Å². The van der Waals surface area contributed by atoms with Crippen LogP contribution >= 0.6 is 0 Å². The van der Waals surface area contributed by atoms with Crippen LogP contribution in [0, 0.1) is 0 Å². The van der Waals surface area contributed by atoms with Crippen molar-refractivity contribution in [3.63, 3.8) is 0 Å². The average molecular weight is 432 g/mol. The Balaban J connectivity index is 1.60. The van der Waals surface area contributed by atoms with E-state index in [1.54, 1.807) is 11.9 Å². The highest BCUT2D eigenvalue weighted by molar-refractivity contribution is 7.89. The highest BCUT2D eigenvalue weighted by Crippen LogP contribution is 2.43. The Kier molecular flexibility index (Phi) is 4.82. The maximum absolute atomic E-state index is 13.2. The Hall–Kier alpha value is -2.92. The summed E-state index contributed by atoms with van der Waals surface area (Å²) in [5, 5.41) is 6.08. The Morgan fingerprint density at radius 3 is 2.63 bits per heavy atom. The molecule has 11 heteroatoms. The van der Waals surface area contributed by atoms with Crippen LogP contribution < -0.4 is 10.0 Å². The van der Waals surface area contributed by atoms with Crippen LogP contribution in [0.1, 0.15) is 30.3 Å². The fourth-order valence-corrected chi connectivity index (χ4v) is 4.66. The normalized spacial score (nSPS) is 15.3. The van der Waals surface area contributed by atoms with Gasteiger partial charge >= 0.3 is 0 Å². The first kappa shape index (κ1) is 20.4. The topological polar surface area (TPSA) is 130 Å². The zero-order chi connectivity index (χ0) is 21.7. The second-order valence-electron chi connectivity index (χ2n) is 7.70. The van der Waals surface area contributed by atoms with Crippen LogP contribution in [0.3, 0.4) is 0 Å². The molecule has 3 heterocycles. The van der Waals surface area contributed by atoms with E-state index in [0.717, 1.165) is 36.2 Å². The molecule has 0 spiro atoms. The summed E-state index contributed by atoms with van der Waals surface area (Å²) < 4.78 is 24.7. The lowest BCUT2D eigenvalue weighted by atomic mass is 10.2. The van der Waals surface area contributed by atoms with Crippen molar-refractivity contribution in [1.29, 1.82) is 0 Å². The molecule has 30 heavy (non-hydrogen) atoms. The summed E-state index contributed by atoms with van der Waals surface area (Å²) in [6.45, 7) is 3.39. The second kappa shape index (κ2) is 7.10. The number of carbonyl (C=O) groups is 1. The lowest BCUT2D eigenvalue weighted by Gasteiger charge is -2.34. The van der Waals surface area contributed by atoms with Gasteiger partial charge in [0.25, 0.3) is 15.9 Å². The van der Waals surface area contributed by atoms with Crippen molar-refractivity contribution < 1.29 is 13.2 Å². The van der Waals surface area contributed by atoms with Gasteiger partial charge in [-0.25, -0.2) is 23.5 Å². The molecule has 1 fully saturated rings. The summed E-state index contributed by atoms with van der Waals surface area (Å²) in [6.07, 6.45) is 5.08. The van der Waals surface area contributed by atoms with Crippen LogP contribution in [-0.4, -0.2) is 64.4 Å². The summed E-state index contributed by atoms with van der Waals surface area (Å²) in [7, 11) is -0.607. The van der Waals surface area contributed by atoms with Gasteiger partial charge in [-0.1, -0.05) is 0 Å². The number of hydrogen-bond acceptors (Lipinski definition) is 6. The number of nitrogens with one attached hydrogen (secondary N) is 1. The van der Waals surface area contributed by atoms with Gasteiger partial charge < -0.3 is 19.4 Å². The third-order valence-corrected chi connectivity index (χ3v) is 6.92. The quantitative estimate of drug-likeness (QED) is 0.576. The largest absolute Gasteiger partial charge is 0.354 e. The van der Waals surface area contributed by atoms with Crippen LogP contribution in [0.4, 0.5) is 5.82 Å². The monoisotopic (exact) mass is 431 g/mol. The molecular weight excluding hydrogens is 406 g/mol. The van der Waals surface area contributed by atoms with Gasteiger partial charge in [0.2, 0.25) is 0 Å². The third kappa shape index (κ3) is 3.33. The van der Waals surface area contributed by atoms with Crippen LogP contribution in [0.5, 0.6) is 0 Å². The van der Waals surface area contributed by atoms with E-state index in [0.29, 0.717) is 6.54 Å². The molecule has 3 aromatic rings. The van der Waals surface area contributed by atoms with Crippen LogP contribution in [0.2, 0.25) is 0 Å². The first-order valence-electron chi connectivity index (χ1n) is 9.67. The molecule has 1 aliphatic rings. The number of aromatic amines is 1. The van der Waals surface area contributed by atoms with Crippen molar-refractivity contribution in [2.24, 2.45) is 12.2 Å². The van der Waals surface area contributed by atoms with E-state index >= 15 is 0 Å². The summed E-state index contributed by atoms with van der Waals surface area (Å²) in [4.78, 5) is 28.9. The summed E-state index contributed by atoms with van der Waals surface area (Å²) in [6, 6.07) is 4.80. The number of primary sulfonamides is 1. The SMILES string of the molecule is CCN(CC1(N(C)C(=O)c2ccc(S(N)(=O)=O)n2C)CC1)c1ncnc2[nH]ccc12. The van der Waals surface area contributed by atoms with Gasteiger partial charge in [0.15, 0.2) is 5.03 Å². The number of sulfonamides is 1. The molecule has 0 bridgehead atoms. The number of fused-ring (bicyclic) bond motifs is 1. The van der Waals surface area contributed by atoms with E-state index in [1.165, 1.54) is 30.1 Å². The number of aromatic nitrogens is 4. The molecule has 1 aliphatic carbocycles. The summed E-state index contributed by atoms with van der Waals surface area (Å²) >= 11 is 0. The first-order valence-corrected chi connectivity index (χ1v) is 11.2. The number of nitrogens with zero attached hydrogens (tertiary/aromatic N) is 5. The highest BCUT2D eigenvalue weighted by Gasteiger charge is 2.50. The van der Waals surface area contributed by atoms with Crippen LogP contribution in [0.15, 0.2) is 35.7 Å². The summed E-state index contributed by atoms with van der Waals surface area (Å²) in [5.41, 5.74) is 0.713. The minimum atomic E-state index is -3.90. The van der Waals surface area contributed by atoms with E-state index in [2.05, 4.69) is 19.9 Å². The van der Waals surface area contributed by atoms with Gasteiger partial charge in [-0.15, -0.1) is 0 Å². The Morgan fingerprint density at radius 2 is 2.03 bits per heavy atom. The van der Waals surface area contributed by atoms with E-state index in [9.17, 15) is 13.2 Å². The molecule has 0 aromatic carbocycles. The molecule has 10 nitrogen and oxygen atoms in total. The second-order valence-corrected chi connectivity index (χ2v) is 9.21. The van der Waals surface area contributed by atoms with Crippen molar-refractivity contribution in [2.45, 2.75) is 30.3 Å². The number of hydrogen-bond donors (Lipinski definition) is 2. The molecule has 0 atom stereocenters. The zero-order valence-electron chi connectivity index (χ0n) is 17.2. The maximum Gasteiger partial charge on any atom is 0.270 e. The summed E-state index contributed by atoms with van der Waals surface area (Å²) in [5.74, 6) is 0.585. The smallest absolute Gasteiger partial charge is 0.270 e. The molecule has 160 valence electrons. The van der Waals surface area contributed by atoms with Gasteiger partial charge in [-0.3, -0.25) is 4.79 Å². The molecule has 0 unspecified atom stereocenters. The molecule has 3 N–H and O–H groups in total. The number of likely N-dealkylation sites (N-methyl/N-ethyl adjacent to an activating group) is 2. The van der Waals surface area contributed by atoms with Crippen LogP contribution in [0.25, 0.3) is 11.0 Å². The molecule has 0 aliphatic heterocycles. The Bertz CT molecular complexity index is 1210. The van der Waals surface area contributed by atoms with Crippen molar-refractivity contribution in [2.75, 3.05) is 25.0 Å². The molecule has 1 amide bonds. The lowest BCUT2D eigenvalue weighted by Crippen LogP contribution is -2.47. The third-order valence-electron chi connectivity index (χ3n) is 5.93. The zero-order valence-corrected chi connectivity index (χ0v) is 18.0. The molecule has 0 radical (unpaired) electrons. The molecule has 1 saturated carbocycles. The standard InChI is InChI=1S/C19H25N7O3S/c1-4-26(17-13-7-10-21-16(13)22-12-23-17)11-19(8-9-19)25(3)18(27)14-5-6-15(24(14)2)30(20,28)29/h5-7,10,12H,4,8-9,11H2,1-3H3,(H2,20,28,29)(H,21,22,23). The number of nitrogens with two attached hydrogens (primary N) is 1. The van der Waals surface area contributed by atoms with E-state index in [1.807, 2.05) is 19.2 Å². The first-order chi connectivity index (χ1) is 14.2. The minimum Gasteiger partial charge on any atom is -0.354 e. The van der Waals surface area contributed by atoms with Crippen molar-refractivity contribution in [3.8, 4) is 0 Å². The fraction of sp³-hybridized carbons (Fsp3) is 0.421. The lowest BCUT2D eigenvalue weighted by molar-refractivity contribution is 0.0702. The molecule has 0 saturated heterocycles. The van der Waals surface area contributed by atoms with E-state index in [4.69, 9.17) is 5.14 Å². The number of anilines is 1. The Labute approximate surface area is 174 Å².